The van der Waals surface area contributed by atoms with Crippen molar-refractivity contribution in [3.63, 3.8) is 0 Å². The van der Waals surface area contributed by atoms with Gasteiger partial charge in [-0.1, -0.05) is 0 Å². The first-order chi connectivity index (χ1) is 9.60. The Hall–Kier alpha value is -1.47. The predicted octanol–water partition coefficient (Wildman–Crippen LogP) is 1.58. The molecule has 0 amide bonds. The second-order valence-corrected chi connectivity index (χ2v) is 4.88. The largest absolute Gasteiger partial charge is 0.468 e. The molecule has 0 spiro atoms. The van der Waals surface area contributed by atoms with Crippen LogP contribution in [0, 0.1) is 0 Å². The Morgan fingerprint density at radius 2 is 2.05 bits per heavy atom. The van der Waals surface area contributed by atoms with Gasteiger partial charge in [-0.2, -0.15) is 11.8 Å². The van der Waals surface area contributed by atoms with E-state index in [4.69, 9.17) is 19.6 Å². The molecule has 1 heterocycles. The number of rotatable bonds is 8. The lowest BCUT2D eigenvalue weighted by Gasteiger charge is -2.09. The van der Waals surface area contributed by atoms with E-state index >= 15 is 0 Å². The molecule has 112 valence electrons. The smallest absolute Gasteiger partial charge is 0.341 e. The van der Waals surface area contributed by atoms with Gasteiger partial charge < -0.3 is 19.6 Å². The van der Waals surface area contributed by atoms with Gasteiger partial charge in [-0.15, -0.1) is 0 Å². The Morgan fingerprint density at radius 3 is 2.70 bits per heavy atom. The third-order valence-electron chi connectivity index (χ3n) is 2.36. The van der Waals surface area contributed by atoms with Crippen LogP contribution in [0.25, 0.3) is 0 Å². The molecule has 1 atom stereocenters. The fraction of sp³-hybridized carbons (Fsp3) is 0.538. The minimum atomic E-state index is -0.680. The van der Waals surface area contributed by atoms with Crippen LogP contribution in [-0.2, 0) is 20.0 Å². The second kappa shape index (κ2) is 8.65. The number of carbonyl (C=O) groups is 2. The third kappa shape index (κ3) is 4.90. The number of furan rings is 1. The van der Waals surface area contributed by atoms with E-state index in [0.29, 0.717) is 36.0 Å². The molecule has 0 radical (unpaired) electrons. The number of thioether (sulfide) groups is 1. The lowest BCUT2D eigenvalue weighted by atomic mass is 10.3. The molecule has 2 N–H and O–H groups in total. The van der Waals surface area contributed by atoms with Crippen LogP contribution >= 0.6 is 11.8 Å². The Morgan fingerprint density at radius 1 is 1.35 bits per heavy atom. The van der Waals surface area contributed by atoms with E-state index in [0.717, 1.165) is 0 Å². The lowest BCUT2D eigenvalue weighted by Crippen LogP contribution is -2.34. The van der Waals surface area contributed by atoms with Gasteiger partial charge in [0.15, 0.2) is 0 Å². The van der Waals surface area contributed by atoms with Crippen LogP contribution in [0.5, 0.6) is 0 Å². The van der Waals surface area contributed by atoms with Crippen molar-refractivity contribution in [3.05, 3.63) is 23.7 Å². The summed E-state index contributed by atoms with van der Waals surface area (Å²) in [5.74, 6) is 0.511. The molecule has 0 saturated carbocycles. The van der Waals surface area contributed by atoms with Crippen molar-refractivity contribution in [2.45, 2.75) is 25.6 Å². The van der Waals surface area contributed by atoms with Gasteiger partial charge in [0, 0.05) is 5.75 Å². The Balaban J connectivity index is 2.45. The highest BCUT2D eigenvalue weighted by molar-refractivity contribution is 7.98. The van der Waals surface area contributed by atoms with E-state index < -0.39 is 18.0 Å². The van der Waals surface area contributed by atoms with Gasteiger partial charge in [0.2, 0.25) is 0 Å². The van der Waals surface area contributed by atoms with Crippen LogP contribution in [0.4, 0.5) is 0 Å². The Labute approximate surface area is 122 Å². The SMILES string of the molecule is CCOC(=O)c1ccoc1CSCC(N)C(=O)OCC. The van der Waals surface area contributed by atoms with Crippen molar-refractivity contribution in [2.75, 3.05) is 19.0 Å². The second-order valence-electron chi connectivity index (χ2n) is 3.85. The van der Waals surface area contributed by atoms with E-state index in [1.165, 1.54) is 18.0 Å². The van der Waals surface area contributed by atoms with Crippen molar-refractivity contribution in [1.82, 2.24) is 0 Å². The fourth-order valence-electron chi connectivity index (χ4n) is 1.44. The van der Waals surface area contributed by atoms with E-state index in [1.54, 1.807) is 19.9 Å². The zero-order chi connectivity index (χ0) is 15.0. The molecule has 0 bridgehead atoms. The average Bonchev–Trinajstić information content (AvgIpc) is 2.87. The van der Waals surface area contributed by atoms with Gasteiger partial charge in [0.25, 0.3) is 0 Å². The molecule has 20 heavy (non-hydrogen) atoms. The van der Waals surface area contributed by atoms with Crippen molar-refractivity contribution in [2.24, 2.45) is 5.73 Å². The maximum Gasteiger partial charge on any atom is 0.341 e. The number of ether oxygens (including phenoxy) is 2. The maximum atomic E-state index is 11.6. The number of nitrogens with two attached hydrogens (primary N) is 1. The van der Waals surface area contributed by atoms with E-state index in [2.05, 4.69) is 0 Å². The molecule has 1 aromatic heterocycles. The van der Waals surface area contributed by atoms with Gasteiger partial charge >= 0.3 is 11.9 Å². The van der Waals surface area contributed by atoms with Crippen molar-refractivity contribution in [1.29, 1.82) is 0 Å². The zero-order valence-corrected chi connectivity index (χ0v) is 12.4. The van der Waals surface area contributed by atoms with E-state index in [-0.39, 0.29) is 0 Å². The number of hydrogen-bond acceptors (Lipinski definition) is 7. The molecule has 0 fully saturated rings. The normalized spacial score (nSPS) is 11.9. The van der Waals surface area contributed by atoms with Gasteiger partial charge in [-0.25, -0.2) is 4.79 Å². The summed E-state index contributed by atoms with van der Waals surface area (Å²) in [7, 11) is 0. The van der Waals surface area contributed by atoms with E-state index in [1.807, 2.05) is 0 Å². The van der Waals surface area contributed by atoms with Crippen LogP contribution in [0.3, 0.4) is 0 Å². The molecule has 1 rings (SSSR count). The number of esters is 2. The highest BCUT2D eigenvalue weighted by atomic mass is 32.2. The quantitative estimate of drug-likeness (QED) is 0.729. The minimum absolute atomic E-state index is 0.308. The van der Waals surface area contributed by atoms with Crippen molar-refractivity contribution in [3.8, 4) is 0 Å². The van der Waals surface area contributed by atoms with Gasteiger partial charge in [-0.05, 0) is 19.9 Å². The van der Waals surface area contributed by atoms with Crippen LogP contribution in [0.15, 0.2) is 16.7 Å². The zero-order valence-electron chi connectivity index (χ0n) is 11.6. The molecule has 0 aromatic carbocycles. The number of carbonyl (C=O) groups excluding carboxylic acids is 2. The number of hydrogen-bond donors (Lipinski definition) is 1. The highest BCUT2D eigenvalue weighted by Gasteiger charge is 2.18. The van der Waals surface area contributed by atoms with Crippen LogP contribution < -0.4 is 5.73 Å². The van der Waals surface area contributed by atoms with Crippen molar-refractivity contribution < 1.29 is 23.5 Å². The first-order valence-electron chi connectivity index (χ1n) is 6.33. The molecular weight excluding hydrogens is 282 g/mol. The van der Waals surface area contributed by atoms with Crippen LogP contribution in [0.2, 0.25) is 0 Å². The maximum absolute atomic E-state index is 11.6. The average molecular weight is 301 g/mol. The highest BCUT2D eigenvalue weighted by Crippen LogP contribution is 2.19. The summed E-state index contributed by atoms with van der Waals surface area (Å²) in [6.45, 7) is 4.09. The lowest BCUT2D eigenvalue weighted by molar-refractivity contribution is -0.144. The molecule has 0 aliphatic heterocycles. The Kier molecular flexibility index (Phi) is 7.17. The summed E-state index contributed by atoms with van der Waals surface area (Å²) >= 11 is 1.40. The first-order valence-corrected chi connectivity index (χ1v) is 7.49. The summed E-state index contributed by atoms with van der Waals surface area (Å²) in [4.78, 5) is 23.0. The third-order valence-corrected chi connectivity index (χ3v) is 3.42. The summed E-state index contributed by atoms with van der Waals surface area (Å²) < 4.78 is 15.0. The summed E-state index contributed by atoms with van der Waals surface area (Å²) in [5, 5.41) is 0. The molecule has 0 aliphatic rings. The molecule has 6 nitrogen and oxygen atoms in total. The summed E-state index contributed by atoms with van der Waals surface area (Å²) in [6.07, 6.45) is 1.44. The minimum Gasteiger partial charge on any atom is -0.468 e. The topological polar surface area (TPSA) is 91.8 Å². The van der Waals surface area contributed by atoms with Crippen molar-refractivity contribution >= 4 is 23.7 Å². The summed E-state index contributed by atoms with van der Waals surface area (Å²) in [6, 6.07) is 0.889. The monoisotopic (exact) mass is 301 g/mol. The van der Waals surface area contributed by atoms with Gasteiger partial charge in [-0.3, -0.25) is 4.79 Å². The molecule has 0 aliphatic carbocycles. The van der Waals surface area contributed by atoms with Crippen LogP contribution in [0.1, 0.15) is 30.0 Å². The molecule has 1 unspecified atom stereocenters. The Bertz CT molecular complexity index is 446. The predicted molar refractivity (Wildman–Crippen MR) is 75.4 cm³/mol. The van der Waals surface area contributed by atoms with E-state index in [9.17, 15) is 9.59 Å². The molecule has 1 aromatic rings. The first kappa shape index (κ1) is 16.6. The summed E-state index contributed by atoms with van der Waals surface area (Å²) in [5.41, 5.74) is 6.08. The standard InChI is InChI=1S/C13H19NO5S/c1-3-17-12(15)9-5-6-19-11(9)8-20-7-10(14)13(16)18-4-2/h5-6,10H,3-4,7-8,14H2,1-2H3. The fourth-order valence-corrected chi connectivity index (χ4v) is 2.36. The molecular formula is C13H19NO5S. The van der Waals surface area contributed by atoms with Gasteiger partial charge in [0.1, 0.15) is 17.4 Å². The molecule has 7 heteroatoms. The van der Waals surface area contributed by atoms with Crippen LogP contribution in [-0.4, -0.2) is 36.9 Å². The molecule has 0 saturated heterocycles. The van der Waals surface area contributed by atoms with Gasteiger partial charge in [0.05, 0.1) is 25.2 Å².